The van der Waals surface area contributed by atoms with Gasteiger partial charge in [-0.1, -0.05) is 61.4 Å². The first kappa shape index (κ1) is 18.3. The molecule has 24 heavy (non-hydrogen) atoms. The van der Waals surface area contributed by atoms with Crippen LogP contribution >= 0.6 is 0 Å². The van der Waals surface area contributed by atoms with Crippen molar-refractivity contribution >= 4 is 12.2 Å². The molecule has 0 fully saturated rings. The largest absolute Gasteiger partial charge is 0.508 e. The molecular formula is C22H28O2. The van der Waals surface area contributed by atoms with Gasteiger partial charge in [0.2, 0.25) is 0 Å². The minimum absolute atomic E-state index is 0.290. The lowest BCUT2D eigenvalue weighted by molar-refractivity contribution is 0.0681. The predicted octanol–water partition coefficient (Wildman–Crippen LogP) is 5.44. The molecule has 0 unspecified atom stereocenters. The number of phenolic OH excluding ortho intramolecular Hbond substituents is 1. The van der Waals surface area contributed by atoms with Crippen LogP contribution in [0.25, 0.3) is 12.2 Å². The van der Waals surface area contributed by atoms with Crippen LogP contribution in [0.15, 0.2) is 48.5 Å². The van der Waals surface area contributed by atoms with Crippen LogP contribution in [-0.4, -0.2) is 15.8 Å². The summed E-state index contributed by atoms with van der Waals surface area (Å²) >= 11 is 0. The van der Waals surface area contributed by atoms with Gasteiger partial charge in [0.05, 0.1) is 5.60 Å². The molecule has 128 valence electrons. The third-order valence-corrected chi connectivity index (χ3v) is 4.07. The first-order chi connectivity index (χ1) is 11.4. The number of aliphatic hydroxyl groups is 1. The second kappa shape index (κ2) is 8.70. The molecule has 2 heteroatoms. The minimum Gasteiger partial charge on any atom is -0.508 e. The van der Waals surface area contributed by atoms with Crippen molar-refractivity contribution in [3.63, 3.8) is 0 Å². The molecule has 2 aromatic carbocycles. The average molecular weight is 324 g/mol. The van der Waals surface area contributed by atoms with Crippen molar-refractivity contribution in [2.24, 2.45) is 0 Å². The Hall–Kier alpha value is -2.06. The van der Waals surface area contributed by atoms with E-state index in [0.717, 1.165) is 37.7 Å². The van der Waals surface area contributed by atoms with Gasteiger partial charge in [0.25, 0.3) is 0 Å². The molecule has 0 heterocycles. The maximum absolute atomic E-state index is 9.72. The van der Waals surface area contributed by atoms with Crippen molar-refractivity contribution in [2.45, 2.75) is 51.6 Å². The number of hydrogen-bond acceptors (Lipinski definition) is 2. The van der Waals surface area contributed by atoms with Crippen molar-refractivity contribution in [3.05, 3.63) is 65.2 Å². The molecular weight excluding hydrogens is 296 g/mol. The molecule has 0 spiro atoms. The Morgan fingerprint density at radius 3 is 2.29 bits per heavy atom. The molecule has 0 aliphatic heterocycles. The Morgan fingerprint density at radius 2 is 1.58 bits per heavy atom. The number of hydrogen-bond donors (Lipinski definition) is 2. The third-order valence-electron chi connectivity index (χ3n) is 4.07. The van der Waals surface area contributed by atoms with Crippen molar-refractivity contribution in [1.29, 1.82) is 0 Å². The maximum Gasteiger partial charge on any atom is 0.115 e. The van der Waals surface area contributed by atoms with Gasteiger partial charge in [-0.25, -0.2) is 0 Å². The molecule has 0 bridgehead atoms. The molecule has 0 aliphatic carbocycles. The number of aromatic hydroxyl groups is 1. The summed E-state index contributed by atoms with van der Waals surface area (Å²) in [7, 11) is 0. The topological polar surface area (TPSA) is 40.5 Å². The molecule has 0 saturated heterocycles. The molecule has 2 N–H and O–H groups in total. The smallest absolute Gasteiger partial charge is 0.115 e. The Kier molecular flexibility index (Phi) is 6.62. The van der Waals surface area contributed by atoms with E-state index >= 15 is 0 Å². The summed E-state index contributed by atoms with van der Waals surface area (Å²) in [5.41, 5.74) is 3.08. The second-order valence-electron chi connectivity index (χ2n) is 7.04. The Bertz CT molecular complexity index is 648. The first-order valence-corrected chi connectivity index (χ1v) is 8.71. The number of unbranched alkanes of at least 4 members (excludes halogenated alkanes) is 2. The monoisotopic (exact) mass is 324 g/mol. The van der Waals surface area contributed by atoms with Crippen LogP contribution in [0.4, 0.5) is 0 Å². The molecule has 0 aromatic heterocycles. The van der Waals surface area contributed by atoms with Crippen LogP contribution in [0, 0.1) is 0 Å². The Balaban J connectivity index is 1.84. The lowest BCUT2D eigenvalue weighted by atomic mass is 9.98. The Labute approximate surface area is 145 Å². The van der Waals surface area contributed by atoms with E-state index in [4.69, 9.17) is 0 Å². The zero-order chi connectivity index (χ0) is 17.4. The van der Waals surface area contributed by atoms with Gasteiger partial charge in [-0.15, -0.1) is 0 Å². The number of benzene rings is 2. The minimum atomic E-state index is -0.543. The van der Waals surface area contributed by atoms with Crippen molar-refractivity contribution in [3.8, 4) is 5.75 Å². The zero-order valence-corrected chi connectivity index (χ0v) is 14.7. The molecule has 0 aliphatic rings. The van der Waals surface area contributed by atoms with Gasteiger partial charge < -0.3 is 10.2 Å². The van der Waals surface area contributed by atoms with Crippen LogP contribution < -0.4 is 0 Å². The fourth-order valence-electron chi connectivity index (χ4n) is 2.69. The molecule has 2 rings (SSSR count). The highest BCUT2D eigenvalue weighted by Crippen LogP contribution is 2.17. The van der Waals surface area contributed by atoms with E-state index in [9.17, 15) is 10.2 Å². The van der Waals surface area contributed by atoms with Crippen LogP contribution in [-0.2, 0) is 6.42 Å². The SMILES string of the molecule is CC(C)(O)CCCCCc1cccc(C=Cc2ccc(O)cc2)c1. The predicted molar refractivity (Wildman–Crippen MR) is 102 cm³/mol. The van der Waals surface area contributed by atoms with E-state index in [1.54, 1.807) is 12.1 Å². The van der Waals surface area contributed by atoms with Gasteiger partial charge in [0, 0.05) is 0 Å². The van der Waals surface area contributed by atoms with Gasteiger partial charge >= 0.3 is 0 Å². The lowest BCUT2D eigenvalue weighted by Gasteiger charge is -2.16. The van der Waals surface area contributed by atoms with E-state index in [0.29, 0.717) is 5.75 Å². The first-order valence-electron chi connectivity index (χ1n) is 8.71. The molecule has 0 radical (unpaired) electrons. The summed E-state index contributed by atoms with van der Waals surface area (Å²) in [6.45, 7) is 3.74. The molecule has 0 amide bonds. The third kappa shape index (κ3) is 7.01. The quantitative estimate of drug-likeness (QED) is 0.501. The van der Waals surface area contributed by atoms with E-state index < -0.39 is 5.60 Å². The van der Waals surface area contributed by atoms with Gasteiger partial charge in [-0.3, -0.25) is 0 Å². The van der Waals surface area contributed by atoms with E-state index in [1.165, 1.54) is 11.1 Å². The molecule has 0 atom stereocenters. The van der Waals surface area contributed by atoms with Crippen LogP contribution in [0.2, 0.25) is 0 Å². The average Bonchev–Trinajstić information content (AvgIpc) is 2.53. The summed E-state index contributed by atoms with van der Waals surface area (Å²) in [5, 5.41) is 19.0. The highest BCUT2D eigenvalue weighted by molar-refractivity contribution is 5.70. The molecule has 2 aromatic rings. The van der Waals surface area contributed by atoms with Crippen LogP contribution in [0.1, 0.15) is 56.2 Å². The highest BCUT2D eigenvalue weighted by Gasteiger charge is 2.10. The normalized spacial score (nSPS) is 12.0. The highest BCUT2D eigenvalue weighted by atomic mass is 16.3. The number of rotatable bonds is 8. The standard InChI is InChI=1S/C22H28O2/c1-22(2,24)16-5-3-4-7-19-8-6-9-20(17-19)11-10-18-12-14-21(23)15-13-18/h6,8-15,17,23-24H,3-5,7,16H2,1-2H3. The van der Waals surface area contributed by atoms with Gasteiger partial charge in [-0.05, 0) is 61.9 Å². The van der Waals surface area contributed by atoms with Crippen molar-refractivity contribution in [1.82, 2.24) is 0 Å². The summed E-state index contributed by atoms with van der Waals surface area (Å²) in [5.74, 6) is 0.290. The maximum atomic E-state index is 9.72. The van der Waals surface area contributed by atoms with Crippen LogP contribution in [0.5, 0.6) is 5.75 Å². The summed E-state index contributed by atoms with van der Waals surface area (Å²) < 4.78 is 0. The number of phenols is 1. The van der Waals surface area contributed by atoms with Gasteiger partial charge in [-0.2, -0.15) is 0 Å². The summed E-state index contributed by atoms with van der Waals surface area (Å²) in [6, 6.07) is 15.8. The van der Waals surface area contributed by atoms with Gasteiger partial charge in [0.15, 0.2) is 0 Å². The van der Waals surface area contributed by atoms with E-state index in [1.807, 2.05) is 26.0 Å². The van der Waals surface area contributed by atoms with E-state index in [2.05, 4.69) is 36.4 Å². The lowest BCUT2D eigenvalue weighted by Crippen LogP contribution is -2.17. The van der Waals surface area contributed by atoms with Crippen molar-refractivity contribution in [2.75, 3.05) is 0 Å². The van der Waals surface area contributed by atoms with E-state index in [-0.39, 0.29) is 0 Å². The zero-order valence-electron chi connectivity index (χ0n) is 14.7. The van der Waals surface area contributed by atoms with Gasteiger partial charge in [0.1, 0.15) is 5.75 Å². The fraction of sp³-hybridized carbons (Fsp3) is 0.364. The summed E-state index contributed by atoms with van der Waals surface area (Å²) in [4.78, 5) is 0. The molecule has 0 saturated carbocycles. The number of aryl methyl sites for hydroxylation is 1. The van der Waals surface area contributed by atoms with Crippen molar-refractivity contribution < 1.29 is 10.2 Å². The van der Waals surface area contributed by atoms with Crippen LogP contribution in [0.3, 0.4) is 0 Å². The Morgan fingerprint density at radius 1 is 0.875 bits per heavy atom. The molecule has 2 nitrogen and oxygen atoms in total. The summed E-state index contributed by atoms with van der Waals surface area (Å²) in [6.07, 6.45) is 9.48. The fourth-order valence-corrected chi connectivity index (χ4v) is 2.69. The second-order valence-corrected chi connectivity index (χ2v) is 7.04.